The van der Waals surface area contributed by atoms with Gasteiger partial charge in [0.15, 0.2) is 5.96 Å². The van der Waals surface area contributed by atoms with E-state index in [1.165, 1.54) is 11.1 Å². The Labute approximate surface area is 174 Å². The molecule has 0 saturated carbocycles. The van der Waals surface area contributed by atoms with Crippen LogP contribution in [0.25, 0.3) is 0 Å². The van der Waals surface area contributed by atoms with Crippen LogP contribution < -0.4 is 10.6 Å². The van der Waals surface area contributed by atoms with E-state index in [1.807, 2.05) is 0 Å². The summed E-state index contributed by atoms with van der Waals surface area (Å²) in [6, 6.07) is 21.3. The van der Waals surface area contributed by atoms with Gasteiger partial charge in [0.25, 0.3) is 0 Å². The molecule has 0 bridgehead atoms. The van der Waals surface area contributed by atoms with Crippen molar-refractivity contribution in [3.8, 4) is 0 Å². The van der Waals surface area contributed by atoms with Gasteiger partial charge in [-0.05, 0) is 30.4 Å². The number of rotatable bonds is 9. The second-order valence-corrected chi connectivity index (χ2v) is 7.79. The highest BCUT2D eigenvalue weighted by atomic mass is 16.5. The lowest BCUT2D eigenvalue weighted by molar-refractivity contribution is 0.127. The summed E-state index contributed by atoms with van der Waals surface area (Å²) in [6.07, 6.45) is 2.70. The van der Waals surface area contributed by atoms with Crippen molar-refractivity contribution in [2.75, 3.05) is 40.0 Å². The highest BCUT2D eigenvalue weighted by molar-refractivity contribution is 5.79. The van der Waals surface area contributed by atoms with Crippen molar-refractivity contribution in [1.82, 2.24) is 10.6 Å². The first-order valence-electron chi connectivity index (χ1n) is 10.5. The molecule has 5 nitrogen and oxygen atoms in total. The van der Waals surface area contributed by atoms with E-state index >= 15 is 0 Å². The number of nitrogens with one attached hydrogen (secondary N) is 2. The Morgan fingerprint density at radius 1 is 1.07 bits per heavy atom. The van der Waals surface area contributed by atoms with Crippen LogP contribution in [0.15, 0.2) is 65.7 Å². The van der Waals surface area contributed by atoms with Gasteiger partial charge in [-0.2, -0.15) is 0 Å². The summed E-state index contributed by atoms with van der Waals surface area (Å²) in [5.41, 5.74) is 2.66. The van der Waals surface area contributed by atoms with Crippen LogP contribution in [-0.4, -0.2) is 51.0 Å². The number of hydrogen-bond donors (Lipinski definition) is 3. The molecule has 0 aliphatic carbocycles. The highest BCUT2D eigenvalue weighted by Gasteiger charge is 2.34. The fourth-order valence-corrected chi connectivity index (χ4v) is 4.03. The Hall–Kier alpha value is -2.37. The maximum Gasteiger partial charge on any atom is 0.190 e. The van der Waals surface area contributed by atoms with Gasteiger partial charge in [-0.1, -0.05) is 60.7 Å². The molecule has 156 valence electrons. The van der Waals surface area contributed by atoms with Crippen molar-refractivity contribution in [2.45, 2.75) is 25.2 Å². The second-order valence-electron chi connectivity index (χ2n) is 7.79. The first kappa shape index (κ1) is 21.3. The van der Waals surface area contributed by atoms with Crippen LogP contribution in [0, 0.1) is 5.41 Å². The maximum absolute atomic E-state index is 9.40. The molecule has 3 N–H and O–H groups in total. The fraction of sp³-hybridized carbons (Fsp3) is 0.458. The molecule has 2 aromatic rings. The largest absolute Gasteiger partial charge is 0.396 e. The van der Waals surface area contributed by atoms with Gasteiger partial charge in [-0.3, -0.25) is 4.99 Å². The first-order chi connectivity index (χ1) is 14.3. The summed E-state index contributed by atoms with van der Waals surface area (Å²) in [5, 5.41) is 16.3. The number of benzene rings is 2. The number of nitrogens with zero attached hydrogens (tertiary/aromatic N) is 1. The van der Waals surface area contributed by atoms with Crippen LogP contribution in [0.3, 0.4) is 0 Å². The zero-order chi connectivity index (χ0) is 20.4. The standard InChI is InChI=1S/C24H33N3O2/c1-25-23(27-18-24(13-16-28)14-17-29-19-24)26-15-12-22(20-8-4-2-5-9-20)21-10-6-3-7-11-21/h2-11,22,28H,12-19H2,1H3,(H2,25,26,27). The van der Waals surface area contributed by atoms with Crippen LogP contribution in [-0.2, 0) is 4.74 Å². The lowest BCUT2D eigenvalue weighted by atomic mass is 9.84. The molecular formula is C24H33N3O2. The fourth-order valence-electron chi connectivity index (χ4n) is 4.03. The van der Waals surface area contributed by atoms with Crippen molar-refractivity contribution in [1.29, 1.82) is 0 Å². The molecule has 1 aliphatic rings. The predicted molar refractivity (Wildman–Crippen MR) is 118 cm³/mol. The third-order valence-corrected chi connectivity index (χ3v) is 5.81. The van der Waals surface area contributed by atoms with Gasteiger partial charge in [-0.25, -0.2) is 0 Å². The molecule has 3 rings (SSSR count). The van der Waals surface area contributed by atoms with Crippen LogP contribution >= 0.6 is 0 Å². The normalized spacial score (nSPS) is 19.5. The number of aliphatic hydroxyl groups is 1. The molecule has 0 spiro atoms. The number of ether oxygens (including phenoxy) is 1. The highest BCUT2D eigenvalue weighted by Crippen LogP contribution is 2.31. The van der Waals surface area contributed by atoms with Gasteiger partial charge in [0.1, 0.15) is 0 Å². The van der Waals surface area contributed by atoms with Crippen LogP contribution in [0.4, 0.5) is 0 Å². The summed E-state index contributed by atoms with van der Waals surface area (Å²) >= 11 is 0. The zero-order valence-corrected chi connectivity index (χ0v) is 17.3. The number of aliphatic imine (C=N–C) groups is 1. The topological polar surface area (TPSA) is 65.9 Å². The Morgan fingerprint density at radius 2 is 1.72 bits per heavy atom. The van der Waals surface area contributed by atoms with Crippen LogP contribution in [0.2, 0.25) is 0 Å². The minimum Gasteiger partial charge on any atom is -0.396 e. The molecule has 2 aromatic carbocycles. The monoisotopic (exact) mass is 395 g/mol. The summed E-state index contributed by atoms with van der Waals surface area (Å²) < 4.78 is 5.58. The SMILES string of the molecule is CN=C(NCCC(c1ccccc1)c1ccccc1)NCC1(CCO)CCOC1. The van der Waals surface area contributed by atoms with E-state index in [4.69, 9.17) is 4.74 Å². The van der Waals surface area contributed by atoms with E-state index in [-0.39, 0.29) is 12.0 Å². The summed E-state index contributed by atoms with van der Waals surface area (Å²) in [4.78, 5) is 4.37. The minimum atomic E-state index is 0.00296. The third kappa shape index (κ3) is 6.05. The van der Waals surface area contributed by atoms with Crippen LogP contribution in [0.5, 0.6) is 0 Å². The van der Waals surface area contributed by atoms with Gasteiger partial charge in [0.05, 0.1) is 6.61 Å². The number of hydrogen-bond acceptors (Lipinski definition) is 3. The quantitative estimate of drug-likeness (QED) is 0.451. The van der Waals surface area contributed by atoms with E-state index in [1.54, 1.807) is 7.05 Å². The number of aliphatic hydroxyl groups excluding tert-OH is 1. The van der Waals surface area contributed by atoms with Crippen molar-refractivity contribution < 1.29 is 9.84 Å². The Kier molecular flexibility index (Phi) is 8.08. The molecule has 5 heteroatoms. The summed E-state index contributed by atoms with van der Waals surface area (Å²) in [5.74, 6) is 1.14. The van der Waals surface area contributed by atoms with Gasteiger partial charge in [0.2, 0.25) is 0 Å². The van der Waals surface area contributed by atoms with Crippen molar-refractivity contribution >= 4 is 5.96 Å². The van der Waals surface area contributed by atoms with Gasteiger partial charge in [0, 0.05) is 44.7 Å². The molecule has 1 fully saturated rings. The molecule has 0 radical (unpaired) electrons. The van der Waals surface area contributed by atoms with Crippen molar-refractivity contribution in [2.24, 2.45) is 10.4 Å². The number of guanidine groups is 1. The van der Waals surface area contributed by atoms with E-state index in [0.717, 1.165) is 44.9 Å². The molecule has 1 unspecified atom stereocenters. The molecule has 1 aliphatic heterocycles. The van der Waals surface area contributed by atoms with Gasteiger partial charge < -0.3 is 20.5 Å². The molecule has 1 heterocycles. The minimum absolute atomic E-state index is 0.00296. The van der Waals surface area contributed by atoms with E-state index < -0.39 is 0 Å². The molecular weight excluding hydrogens is 362 g/mol. The Morgan fingerprint density at radius 3 is 2.24 bits per heavy atom. The third-order valence-electron chi connectivity index (χ3n) is 5.81. The molecule has 0 aromatic heterocycles. The van der Waals surface area contributed by atoms with E-state index in [9.17, 15) is 5.11 Å². The maximum atomic E-state index is 9.40. The van der Waals surface area contributed by atoms with Crippen LogP contribution in [0.1, 0.15) is 36.3 Å². The van der Waals surface area contributed by atoms with Gasteiger partial charge in [-0.15, -0.1) is 0 Å². The first-order valence-corrected chi connectivity index (χ1v) is 10.5. The predicted octanol–water partition coefficient (Wildman–Crippen LogP) is 3.16. The van der Waals surface area contributed by atoms with E-state index in [2.05, 4.69) is 76.3 Å². The second kappa shape index (κ2) is 11.0. The summed E-state index contributed by atoms with van der Waals surface area (Å²) in [6.45, 7) is 3.23. The molecule has 1 atom stereocenters. The van der Waals surface area contributed by atoms with Crippen molar-refractivity contribution in [3.63, 3.8) is 0 Å². The lowest BCUT2D eigenvalue weighted by Crippen LogP contribution is -2.44. The average molecular weight is 396 g/mol. The van der Waals surface area contributed by atoms with Gasteiger partial charge >= 0.3 is 0 Å². The zero-order valence-electron chi connectivity index (χ0n) is 17.3. The molecule has 0 amide bonds. The van der Waals surface area contributed by atoms with Crippen molar-refractivity contribution in [3.05, 3.63) is 71.8 Å². The lowest BCUT2D eigenvalue weighted by Gasteiger charge is -2.28. The molecule has 1 saturated heterocycles. The smallest absolute Gasteiger partial charge is 0.190 e. The Bertz CT molecular complexity index is 704. The molecule has 29 heavy (non-hydrogen) atoms. The summed E-state index contributed by atoms with van der Waals surface area (Å²) in [7, 11) is 1.80. The average Bonchev–Trinajstić information content (AvgIpc) is 3.23. The Balaban J connectivity index is 1.57. The van der Waals surface area contributed by atoms with E-state index in [0.29, 0.717) is 12.5 Å².